The summed E-state index contributed by atoms with van der Waals surface area (Å²) in [5.41, 5.74) is 2.20. The van der Waals surface area contributed by atoms with Gasteiger partial charge in [0.05, 0.1) is 25.4 Å². The molecule has 0 aliphatic carbocycles. The highest BCUT2D eigenvalue weighted by atomic mass is 16.5. The van der Waals surface area contributed by atoms with Crippen molar-refractivity contribution in [2.45, 2.75) is 25.2 Å². The summed E-state index contributed by atoms with van der Waals surface area (Å²) in [7, 11) is 0. The Hall–Kier alpha value is -1.72. The van der Waals surface area contributed by atoms with Crippen LogP contribution in [0.3, 0.4) is 0 Å². The molecule has 1 aliphatic heterocycles. The smallest absolute Gasteiger partial charge is 0.108 e. The number of ether oxygens (including phenoxy) is 2. The first kappa shape index (κ1) is 18.1. The van der Waals surface area contributed by atoms with Gasteiger partial charge in [-0.05, 0) is 18.1 Å². The fourth-order valence-electron chi connectivity index (χ4n) is 3.26. The molecule has 0 saturated carbocycles. The topological polar surface area (TPSA) is 41.9 Å². The quantitative estimate of drug-likeness (QED) is 0.841. The van der Waals surface area contributed by atoms with Gasteiger partial charge in [-0.15, -0.1) is 0 Å². The Bertz CT molecular complexity index is 580. The average Bonchev–Trinajstić information content (AvgIpc) is 2.64. The third-order valence-electron chi connectivity index (χ3n) is 4.45. The minimum Gasteiger partial charge on any atom is -0.389 e. The number of aliphatic hydroxyl groups is 1. The number of rotatable bonds is 7. The van der Waals surface area contributed by atoms with Crippen molar-refractivity contribution < 1.29 is 14.6 Å². The van der Waals surface area contributed by atoms with Gasteiger partial charge in [0.2, 0.25) is 0 Å². The van der Waals surface area contributed by atoms with Gasteiger partial charge < -0.3 is 14.6 Å². The van der Waals surface area contributed by atoms with E-state index in [0.717, 1.165) is 30.8 Å². The number of aliphatic hydroxyl groups excluding tert-OH is 1. The maximum absolute atomic E-state index is 10.4. The van der Waals surface area contributed by atoms with Crippen LogP contribution >= 0.6 is 0 Å². The average molecular weight is 341 g/mol. The Morgan fingerprint density at radius 3 is 2.24 bits per heavy atom. The summed E-state index contributed by atoms with van der Waals surface area (Å²) in [6.07, 6.45) is -0.454. The fraction of sp³-hybridized carbons (Fsp3) is 0.429. The van der Waals surface area contributed by atoms with E-state index in [9.17, 15) is 5.11 Å². The van der Waals surface area contributed by atoms with E-state index in [1.54, 1.807) is 0 Å². The van der Waals surface area contributed by atoms with Gasteiger partial charge in [-0.3, -0.25) is 4.90 Å². The van der Waals surface area contributed by atoms with Crippen molar-refractivity contribution in [2.75, 3.05) is 32.8 Å². The molecule has 2 atom stereocenters. The van der Waals surface area contributed by atoms with Gasteiger partial charge in [-0.1, -0.05) is 60.7 Å². The molecule has 1 saturated heterocycles. The van der Waals surface area contributed by atoms with Crippen LogP contribution in [-0.2, 0) is 9.47 Å². The van der Waals surface area contributed by atoms with Gasteiger partial charge in [-0.2, -0.15) is 0 Å². The standard InChI is InChI=1S/C21H27NO3/c1-17-14-22(12-13-24-17)15-20(23)16-25-21(18-8-4-2-5-9-18)19-10-6-3-7-11-19/h2-11,17,20-21,23H,12-16H2,1H3. The van der Waals surface area contributed by atoms with E-state index in [-0.39, 0.29) is 12.2 Å². The molecule has 0 radical (unpaired) electrons. The van der Waals surface area contributed by atoms with E-state index < -0.39 is 6.10 Å². The first-order valence-corrected chi connectivity index (χ1v) is 8.96. The number of morpholine rings is 1. The highest BCUT2D eigenvalue weighted by Crippen LogP contribution is 2.26. The number of hydrogen-bond acceptors (Lipinski definition) is 4. The summed E-state index contributed by atoms with van der Waals surface area (Å²) < 4.78 is 11.7. The van der Waals surface area contributed by atoms with E-state index in [1.165, 1.54) is 0 Å². The van der Waals surface area contributed by atoms with E-state index >= 15 is 0 Å². The van der Waals surface area contributed by atoms with Crippen LogP contribution in [0.4, 0.5) is 0 Å². The lowest BCUT2D eigenvalue weighted by atomic mass is 10.0. The van der Waals surface area contributed by atoms with E-state index in [0.29, 0.717) is 13.2 Å². The largest absolute Gasteiger partial charge is 0.389 e. The molecule has 2 aromatic carbocycles. The van der Waals surface area contributed by atoms with Gasteiger partial charge in [0, 0.05) is 19.6 Å². The summed E-state index contributed by atoms with van der Waals surface area (Å²) in [4.78, 5) is 2.24. The fourth-order valence-corrected chi connectivity index (χ4v) is 3.26. The molecule has 1 fully saturated rings. The predicted octanol–water partition coefficient (Wildman–Crippen LogP) is 2.87. The van der Waals surface area contributed by atoms with Crippen molar-refractivity contribution in [3.05, 3.63) is 71.8 Å². The second kappa shape index (κ2) is 9.11. The summed E-state index contributed by atoms with van der Waals surface area (Å²) in [5.74, 6) is 0. The molecular formula is C21H27NO3. The lowest BCUT2D eigenvalue weighted by Crippen LogP contribution is -2.45. The van der Waals surface area contributed by atoms with E-state index in [2.05, 4.69) is 36.1 Å². The zero-order valence-electron chi connectivity index (χ0n) is 14.8. The Labute approximate surface area is 150 Å². The number of benzene rings is 2. The Balaban J connectivity index is 1.61. The lowest BCUT2D eigenvalue weighted by Gasteiger charge is -2.32. The molecule has 134 valence electrons. The van der Waals surface area contributed by atoms with E-state index in [4.69, 9.17) is 9.47 Å². The molecule has 1 N–H and O–H groups in total. The van der Waals surface area contributed by atoms with Crippen molar-refractivity contribution in [1.29, 1.82) is 0 Å². The molecule has 4 heteroatoms. The zero-order valence-corrected chi connectivity index (χ0v) is 14.8. The highest BCUT2D eigenvalue weighted by Gasteiger charge is 2.21. The molecule has 0 bridgehead atoms. The van der Waals surface area contributed by atoms with Crippen LogP contribution in [0.2, 0.25) is 0 Å². The summed E-state index contributed by atoms with van der Waals surface area (Å²) in [6, 6.07) is 20.3. The SMILES string of the molecule is CC1CN(CC(O)COC(c2ccccc2)c2ccccc2)CCO1. The second-order valence-corrected chi connectivity index (χ2v) is 6.63. The molecular weight excluding hydrogens is 314 g/mol. The van der Waals surface area contributed by atoms with E-state index in [1.807, 2.05) is 36.4 Å². The highest BCUT2D eigenvalue weighted by molar-refractivity contribution is 5.29. The Morgan fingerprint density at radius 1 is 1.08 bits per heavy atom. The monoisotopic (exact) mass is 341 g/mol. The lowest BCUT2D eigenvalue weighted by molar-refractivity contribution is -0.0503. The van der Waals surface area contributed by atoms with Crippen LogP contribution in [0.5, 0.6) is 0 Å². The minimum absolute atomic E-state index is 0.166. The molecule has 1 aliphatic rings. The van der Waals surface area contributed by atoms with Crippen LogP contribution in [0.25, 0.3) is 0 Å². The normalized spacial score (nSPS) is 19.9. The summed E-state index contributed by atoms with van der Waals surface area (Å²) >= 11 is 0. The van der Waals surface area contributed by atoms with Crippen LogP contribution in [0.15, 0.2) is 60.7 Å². The summed E-state index contributed by atoms with van der Waals surface area (Å²) in [5, 5.41) is 10.4. The first-order valence-electron chi connectivity index (χ1n) is 8.96. The number of hydrogen-bond donors (Lipinski definition) is 1. The molecule has 0 amide bonds. The van der Waals surface area contributed by atoms with Crippen LogP contribution < -0.4 is 0 Å². The molecule has 4 nitrogen and oxygen atoms in total. The molecule has 0 spiro atoms. The van der Waals surface area contributed by atoms with Gasteiger partial charge in [0.1, 0.15) is 6.10 Å². The van der Waals surface area contributed by atoms with Crippen molar-refractivity contribution in [2.24, 2.45) is 0 Å². The van der Waals surface area contributed by atoms with Crippen LogP contribution in [0, 0.1) is 0 Å². The van der Waals surface area contributed by atoms with Crippen molar-refractivity contribution in [3.8, 4) is 0 Å². The van der Waals surface area contributed by atoms with Gasteiger partial charge >= 0.3 is 0 Å². The Morgan fingerprint density at radius 2 is 1.68 bits per heavy atom. The maximum Gasteiger partial charge on any atom is 0.108 e. The third kappa shape index (κ3) is 5.38. The van der Waals surface area contributed by atoms with Crippen molar-refractivity contribution in [3.63, 3.8) is 0 Å². The minimum atomic E-state index is -0.514. The molecule has 1 heterocycles. The third-order valence-corrected chi connectivity index (χ3v) is 4.45. The first-order chi connectivity index (χ1) is 12.2. The van der Waals surface area contributed by atoms with Gasteiger partial charge in [-0.25, -0.2) is 0 Å². The van der Waals surface area contributed by atoms with Gasteiger partial charge in [0.25, 0.3) is 0 Å². The number of nitrogens with zero attached hydrogens (tertiary/aromatic N) is 1. The van der Waals surface area contributed by atoms with Crippen molar-refractivity contribution >= 4 is 0 Å². The Kier molecular flexibility index (Phi) is 6.59. The maximum atomic E-state index is 10.4. The second-order valence-electron chi connectivity index (χ2n) is 6.63. The number of β-amino-alcohol motifs (C(OH)–C–C–N with tert-alkyl or cyclic N) is 1. The molecule has 3 rings (SSSR count). The molecule has 0 aromatic heterocycles. The molecule has 2 aromatic rings. The summed E-state index contributed by atoms with van der Waals surface area (Å²) in [6.45, 7) is 5.44. The molecule has 25 heavy (non-hydrogen) atoms. The zero-order chi connectivity index (χ0) is 17.5. The van der Waals surface area contributed by atoms with Crippen LogP contribution in [0.1, 0.15) is 24.2 Å². The predicted molar refractivity (Wildman–Crippen MR) is 98.5 cm³/mol. The van der Waals surface area contributed by atoms with Gasteiger partial charge in [0.15, 0.2) is 0 Å². The van der Waals surface area contributed by atoms with Crippen LogP contribution in [-0.4, -0.2) is 55.1 Å². The van der Waals surface area contributed by atoms with Crippen molar-refractivity contribution in [1.82, 2.24) is 4.90 Å². The molecule has 2 unspecified atom stereocenters.